The normalized spacial score (nSPS) is 10.3. The van der Waals surface area contributed by atoms with Crippen LogP contribution in [-0.4, -0.2) is 16.0 Å². The van der Waals surface area contributed by atoms with Crippen LogP contribution < -0.4 is 11.1 Å². The maximum absolute atomic E-state index is 11.8. The zero-order valence-corrected chi connectivity index (χ0v) is 10.5. The number of nitrogens with zero attached hydrogens (tertiary/aromatic N) is 2. The number of rotatable bonds is 3. The number of nitrogens with two attached hydrogens (primary N) is 1. The van der Waals surface area contributed by atoms with Gasteiger partial charge in [-0.25, -0.2) is 0 Å². The SMILES string of the molecule is Nc1cc(C(=O)NCc2ncon2)cc(Cl)c1Cl. The number of carbonyl (C=O) groups is 1. The summed E-state index contributed by atoms with van der Waals surface area (Å²) in [6.07, 6.45) is 1.18. The molecule has 0 unspecified atom stereocenters. The minimum Gasteiger partial charge on any atom is -0.397 e. The minimum atomic E-state index is -0.356. The van der Waals surface area contributed by atoms with E-state index in [-0.39, 0.29) is 28.2 Å². The van der Waals surface area contributed by atoms with Gasteiger partial charge in [-0.15, -0.1) is 0 Å². The quantitative estimate of drug-likeness (QED) is 0.841. The van der Waals surface area contributed by atoms with Crippen LogP contribution in [0.25, 0.3) is 0 Å². The molecule has 0 bridgehead atoms. The third-order valence-corrected chi connectivity index (χ3v) is 2.95. The van der Waals surface area contributed by atoms with E-state index in [0.29, 0.717) is 11.4 Å². The highest BCUT2D eigenvalue weighted by Crippen LogP contribution is 2.29. The van der Waals surface area contributed by atoms with E-state index in [1.807, 2.05) is 0 Å². The standard InChI is InChI=1S/C10H8Cl2N4O2/c11-6-1-5(2-7(13)9(6)12)10(17)14-3-8-15-4-18-16-8/h1-2,4H,3,13H2,(H,14,17). The summed E-state index contributed by atoms with van der Waals surface area (Å²) in [5.74, 6) is 0.0152. The Morgan fingerprint density at radius 2 is 2.22 bits per heavy atom. The average Bonchev–Trinajstić information content (AvgIpc) is 2.85. The van der Waals surface area contributed by atoms with E-state index >= 15 is 0 Å². The van der Waals surface area contributed by atoms with Crippen LogP contribution >= 0.6 is 23.2 Å². The van der Waals surface area contributed by atoms with Crippen LogP contribution in [0.1, 0.15) is 16.2 Å². The van der Waals surface area contributed by atoms with Gasteiger partial charge in [-0.2, -0.15) is 4.98 Å². The van der Waals surface area contributed by atoms with Crippen LogP contribution in [0.5, 0.6) is 0 Å². The van der Waals surface area contributed by atoms with Crippen molar-refractivity contribution in [2.24, 2.45) is 0 Å². The maximum atomic E-state index is 11.8. The summed E-state index contributed by atoms with van der Waals surface area (Å²) < 4.78 is 4.54. The van der Waals surface area contributed by atoms with Gasteiger partial charge in [0.2, 0.25) is 6.39 Å². The zero-order valence-electron chi connectivity index (χ0n) is 8.98. The lowest BCUT2D eigenvalue weighted by atomic mass is 10.2. The molecule has 0 aliphatic carbocycles. The third-order valence-electron chi connectivity index (χ3n) is 2.13. The second-order valence-electron chi connectivity index (χ2n) is 3.39. The highest BCUT2D eigenvalue weighted by Gasteiger charge is 2.11. The molecule has 0 aliphatic rings. The summed E-state index contributed by atoms with van der Waals surface area (Å²) >= 11 is 11.6. The molecule has 0 atom stereocenters. The Kier molecular flexibility index (Phi) is 3.69. The van der Waals surface area contributed by atoms with E-state index in [9.17, 15) is 4.79 Å². The first-order valence-electron chi connectivity index (χ1n) is 4.86. The molecule has 0 saturated heterocycles. The van der Waals surface area contributed by atoms with E-state index in [1.54, 1.807) is 0 Å². The Morgan fingerprint density at radius 3 is 2.83 bits per heavy atom. The Balaban J connectivity index is 2.09. The predicted molar refractivity (Wildman–Crippen MR) is 66.3 cm³/mol. The van der Waals surface area contributed by atoms with Gasteiger partial charge in [0, 0.05) is 5.56 Å². The van der Waals surface area contributed by atoms with Gasteiger partial charge in [0.1, 0.15) is 0 Å². The van der Waals surface area contributed by atoms with Gasteiger partial charge in [0.25, 0.3) is 5.91 Å². The average molecular weight is 287 g/mol. The highest BCUT2D eigenvalue weighted by molar-refractivity contribution is 6.43. The Labute approximate surface area is 112 Å². The van der Waals surface area contributed by atoms with Crippen molar-refractivity contribution in [2.75, 3.05) is 5.73 Å². The van der Waals surface area contributed by atoms with E-state index in [0.717, 1.165) is 0 Å². The lowest BCUT2D eigenvalue weighted by molar-refractivity contribution is 0.0949. The van der Waals surface area contributed by atoms with Gasteiger partial charge in [0.05, 0.1) is 22.3 Å². The first-order valence-corrected chi connectivity index (χ1v) is 5.61. The minimum absolute atomic E-state index is 0.148. The number of halogens is 2. The van der Waals surface area contributed by atoms with Gasteiger partial charge >= 0.3 is 0 Å². The third kappa shape index (κ3) is 2.72. The smallest absolute Gasteiger partial charge is 0.251 e. The summed E-state index contributed by atoms with van der Waals surface area (Å²) in [4.78, 5) is 15.6. The van der Waals surface area contributed by atoms with Gasteiger partial charge in [0.15, 0.2) is 5.82 Å². The van der Waals surface area contributed by atoms with Crippen LogP contribution in [0.15, 0.2) is 23.0 Å². The fourth-order valence-electron chi connectivity index (χ4n) is 1.27. The number of nitrogen functional groups attached to an aromatic ring is 1. The molecule has 94 valence electrons. The predicted octanol–water partition coefficient (Wildman–Crippen LogP) is 1.89. The molecule has 0 saturated carbocycles. The molecule has 3 N–H and O–H groups in total. The number of aromatic nitrogens is 2. The van der Waals surface area contributed by atoms with Crippen molar-refractivity contribution < 1.29 is 9.32 Å². The largest absolute Gasteiger partial charge is 0.397 e. The van der Waals surface area contributed by atoms with Gasteiger partial charge in [-0.3, -0.25) is 4.79 Å². The van der Waals surface area contributed by atoms with Gasteiger partial charge < -0.3 is 15.6 Å². The zero-order chi connectivity index (χ0) is 13.1. The van der Waals surface area contributed by atoms with Crippen molar-refractivity contribution in [3.63, 3.8) is 0 Å². The first kappa shape index (κ1) is 12.7. The molecule has 1 amide bonds. The number of benzene rings is 1. The maximum Gasteiger partial charge on any atom is 0.251 e. The lowest BCUT2D eigenvalue weighted by Gasteiger charge is -2.06. The number of anilines is 1. The van der Waals surface area contributed by atoms with Gasteiger partial charge in [-0.05, 0) is 12.1 Å². The molecular weight excluding hydrogens is 279 g/mol. The van der Waals surface area contributed by atoms with Crippen molar-refractivity contribution in [3.8, 4) is 0 Å². The molecule has 8 heteroatoms. The number of carbonyl (C=O) groups excluding carboxylic acids is 1. The summed E-state index contributed by atoms with van der Waals surface area (Å²) in [5, 5.41) is 6.60. The van der Waals surface area contributed by atoms with Crippen LogP contribution in [0, 0.1) is 0 Å². The van der Waals surface area contributed by atoms with Crippen LogP contribution in [0.4, 0.5) is 5.69 Å². The monoisotopic (exact) mass is 286 g/mol. The van der Waals surface area contributed by atoms with E-state index in [2.05, 4.69) is 20.0 Å². The summed E-state index contributed by atoms with van der Waals surface area (Å²) in [6, 6.07) is 2.88. The summed E-state index contributed by atoms with van der Waals surface area (Å²) in [6.45, 7) is 0.148. The van der Waals surface area contributed by atoms with E-state index < -0.39 is 0 Å². The molecule has 2 rings (SSSR count). The number of amides is 1. The van der Waals surface area contributed by atoms with Crippen LogP contribution in [-0.2, 0) is 6.54 Å². The Bertz CT molecular complexity index is 548. The van der Waals surface area contributed by atoms with E-state index in [1.165, 1.54) is 18.5 Å². The Hall–Kier alpha value is -1.79. The molecule has 1 aromatic carbocycles. The van der Waals surface area contributed by atoms with Crippen molar-refractivity contribution >= 4 is 34.8 Å². The van der Waals surface area contributed by atoms with Crippen molar-refractivity contribution in [2.45, 2.75) is 6.54 Å². The molecular formula is C10H8Cl2N4O2. The fourth-order valence-corrected chi connectivity index (χ4v) is 1.61. The molecule has 0 aliphatic heterocycles. The summed E-state index contributed by atoms with van der Waals surface area (Å²) in [7, 11) is 0. The van der Waals surface area contributed by atoms with Crippen molar-refractivity contribution in [1.29, 1.82) is 0 Å². The van der Waals surface area contributed by atoms with Crippen molar-refractivity contribution in [1.82, 2.24) is 15.5 Å². The second kappa shape index (κ2) is 5.24. The lowest BCUT2D eigenvalue weighted by Crippen LogP contribution is -2.23. The van der Waals surface area contributed by atoms with Crippen molar-refractivity contribution in [3.05, 3.63) is 40.0 Å². The molecule has 0 fully saturated rings. The molecule has 2 aromatic rings. The molecule has 18 heavy (non-hydrogen) atoms. The number of hydrogen-bond donors (Lipinski definition) is 2. The molecule has 1 heterocycles. The summed E-state index contributed by atoms with van der Waals surface area (Å²) in [5.41, 5.74) is 6.17. The second-order valence-corrected chi connectivity index (χ2v) is 4.18. The number of hydrogen-bond acceptors (Lipinski definition) is 5. The first-order chi connectivity index (χ1) is 8.58. The Morgan fingerprint density at radius 1 is 1.44 bits per heavy atom. The fraction of sp³-hybridized carbons (Fsp3) is 0.100. The van der Waals surface area contributed by atoms with Crippen LogP contribution in [0.2, 0.25) is 10.0 Å². The number of nitrogens with one attached hydrogen (secondary N) is 1. The van der Waals surface area contributed by atoms with Crippen LogP contribution in [0.3, 0.4) is 0 Å². The highest BCUT2D eigenvalue weighted by atomic mass is 35.5. The van der Waals surface area contributed by atoms with E-state index in [4.69, 9.17) is 28.9 Å². The van der Waals surface area contributed by atoms with Gasteiger partial charge in [-0.1, -0.05) is 28.4 Å². The molecule has 0 radical (unpaired) electrons. The molecule has 0 spiro atoms. The molecule has 1 aromatic heterocycles. The topological polar surface area (TPSA) is 94.0 Å². The molecule has 6 nitrogen and oxygen atoms in total.